The lowest BCUT2D eigenvalue weighted by Crippen LogP contribution is -2.29. The number of aliphatic imine (C=N–C) groups is 1. The summed E-state index contributed by atoms with van der Waals surface area (Å²) in [5, 5.41) is -0.684. The summed E-state index contributed by atoms with van der Waals surface area (Å²) >= 11 is 11.5. The molecule has 0 spiro atoms. The predicted octanol–water partition coefficient (Wildman–Crippen LogP) is 3.43. The first-order valence-corrected chi connectivity index (χ1v) is 7.87. The molecular weight excluding hydrogens is 346 g/mol. The second kappa shape index (κ2) is 7.36. The van der Waals surface area contributed by atoms with Crippen molar-refractivity contribution >= 4 is 41.2 Å². The van der Waals surface area contributed by atoms with Crippen molar-refractivity contribution in [1.82, 2.24) is 4.98 Å². The molecule has 1 fully saturated rings. The topological polar surface area (TPSA) is 68.6 Å². The van der Waals surface area contributed by atoms with Gasteiger partial charge in [0.05, 0.1) is 12.2 Å². The van der Waals surface area contributed by atoms with Crippen LogP contribution in [-0.4, -0.2) is 35.6 Å². The standard InChI is InChI=1S/C15H15Cl2FN2O3/c1-3-23-15(22)9(6-19-8-4-5-8)12(21)10-7(2)11(18)14(17)20-13(10)16/h6,8-9H,3-5H2,1-2H3. The largest absolute Gasteiger partial charge is 0.465 e. The number of hydrogen-bond acceptors (Lipinski definition) is 5. The lowest BCUT2D eigenvalue weighted by Gasteiger charge is -2.14. The Bertz CT molecular complexity index is 675. The SMILES string of the molecule is CCOC(=O)C(C=NC1CC1)C(=O)c1c(Cl)nc(Cl)c(F)c1C. The van der Waals surface area contributed by atoms with Crippen molar-refractivity contribution in [2.75, 3.05) is 6.61 Å². The average molecular weight is 361 g/mol. The maximum Gasteiger partial charge on any atom is 0.322 e. The van der Waals surface area contributed by atoms with E-state index in [2.05, 4.69) is 9.98 Å². The number of nitrogens with zero attached hydrogens (tertiary/aromatic N) is 2. The van der Waals surface area contributed by atoms with Crippen LogP contribution in [0.5, 0.6) is 0 Å². The summed E-state index contributed by atoms with van der Waals surface area (Å²) in [4.78, 5) is 32.5. The molecule has 1 aromatic heterocycles. The van der Waals surface area contributed by atoms with E-state index in [1.54, 1.807) is 6.92 Å². The summed E-state index contributed by atoms with van der Waals surface area (Å²) in [7, 11) is 0. The van der Waals surface area contributed by atoms with Crippen LogP contribution in [0.1, 0.15) is 35.7 Å². The lowest BCUT2D eigenvalue weighted by molar-refractivity contribution is -0.143. The Morgan fingerprint density at radius 1 is 1.43 bits per heavy atom. The third-order valence-electron chi connectivity index (χ3n) is 3.35. The van der Waals surface area contributed by atoms with Gasteiger partial charge in [0, 0.05) is 17.8 Å². The van der Waals surface area contributed by atoms with E-state index in [-0.39, 0.29) is 28.9 Å². The van der Waals surface area contributed by atoms with E-state index >= 15 is 0 Å². The molecule has 0 aromatic carbocycles. The molecule has 0 aliphatic heterocycles. The van der Waals surface area contributed by atoms with Crippen LogP contribution in [0.25, 0.3) is 0 Å². The minimum absolute atomic E-state index is 0.0610. The zero-order valence-corrected chi connectivity index (χ0v) is 14.1. The molecule has 0 radical (unpaired) electrons. The van der Waals surface area contributed by atoms with Crippen LogP contribution in [0.3, 0.4) is 0 Å². The number of ether oxygens (including phenoxy) is 1. The first-order chi connectivity index (χ1) is 10.9. The van der Waals surface area contributed by atoms with E-state index in [9.17, 15) is 14.0 Å². The fraction of sp³-hybridized carbons (Fsp3) is 0.467. The lowest BCUT2D eigenvalue weighted by atomic mass is 9.96. The third-order valence-corrected chi connectivity index (χ3v) is 3.87. The van der Waals surface area contributed by atoms with Gasteiger partial charge in [-0.05, 0) is 26.7 Å². The molecule has 0 amide bonds. The second-order valence-corrected chi connectivity index (χ2v) is 5.85. The number of aromatic nitrogens is 1. The van der Waals surface area contributed by atoms with Crippen molar-refractivity contribution in [1.29, 1.82) is 0 Å². The molecule has 1 aliphatic carbocycles. The zero-order valence-electron chi connectivity index (χ0n) is 12.6. The van der Waals surface area contributed by atoms with Gasteiger partial charge in [-0.3, -0.25) is 14.6 Å². The highest BCUT2D eigenvalue weighted by atomic mass is 35.5. The van der Waals surface area contributed by atoms with Gasteiger partial charge in [0.1, 0.15) is 5.15 Å². The number of carbonyl (C=O) groups is 2. The third kappa shape index (κ3) is 4.06. The first-order valence-electron chi connectivity index (χ1n) is 7.12. The number of esters is 1. The minimum Gasteiger partial charge on any atom is -0.465 e. The molecule has 0 saturated heterocycles. The molecule has 23 heavy (non-hydrogen) atoms. The molecular formula is C15H15Cl2FN2O3. The van der Waals surface area contributed by atoms with E-state index < -0.39 is 28.6 Å². The van der Waals surface area contributed by atoms with E-state index in [0.29, 0.717) is 0 Å². The normalized spacial score (nSPS) is 15.7. The van der Waals surface area contributed by atoms with Crippen molar-refractivity contribution in [3.8, 4) is 0 Å². The quantitative estimate of drug-likeness (QED) is 0.256. The van der Waals surface area contributed by atoms with Gasteiger partial charge in [-0.1, -0.05) is 23.2 Å². The monoisotopic (exact) mass is 360 g/mol. The smallest absolute Gasteiger partial charge is 0.322 e. The van der Waals surface area contributed by atoms with Gasteiger partial charge in [-0.25, -0.2) is 9.37 Å². The molecule has 1 unspecified atom stereocenters. The van der Waals surface area contributed by atoms with Crippen LogP contribution in [0, 0.1) is 18.7 Å². The number of Topliss-reactive ketones (excluding diaryl/α,β-unsaturated/α-hetero) is 1. The Hall–Kier alpha value is -1.53. The molecule has 1 aliphatic rings. The van der Waals surface area contributed by atoms with Gasteiger partial charge in [0.25, 0.3) is 0 Å². The van der Waals surface area contributed by atoms with Crippen LogP contribution in [-0.2, 0) is 9.53 Å². The van der Waals surface area contributed by atoms with E-state index in [4.69, 9.17) is 27.9 Å². The Labute approximate surface area is 142 Å². The molecule has 8 heteroatoms. The summed E-state index contributed by atoms with van der Waals surface area (Å²) < 4.78 is 18.8. The molecule has 2 rings (SSSR count). The minimum atomic E-state index is -1.28. The summed E-state index contributed by atoms with van der Waals surface area (Å²) in [5.41, 5.74) is -0.247. The summed E-state index contributed by atoms with van der Waals surface area (Å²) in [6.45, 7) is 3.08. The first kappa shape index (κ1) is 17.8. The molecule has 5 nitrogen and oxygen atoms in total. The van der Waals surface area contributed by atoms with Gasteiger partial charge >= 0.3 is 5.97 Å². The van der Waals surface area contributed by atoms with Crippen molar-refractivity contribution < 1.29 is 18.7 Å². The molecule has 0 N–H and O–H groups in total. The molecule has 124 valence electrons. The Balaban J connectivity index is 2.40. The highest BCUT2D eigenvalue weighted by Gasteiger charge is 2.33. The van der Waals surface area contributed by atoms with Crippen LogP contribution >= 0.6 is 23.2 Å². The number of ketones is 1. The van der Waals surface area contributed by atoms with Gasteiger partial charge in [0.2, 0.25) is 0 Å². The van der Waals surface area contributed by atoms with Crippen LogP contribution in [0.15, 0.2) is 4.99 Å². The Kier molecular flexibility index (Phi) is 5.70. The van der Waals surface area contributed by atoms with Crippen molar-refractivity contribution in [2.45, 2.75) is 32.7 Å². The molecule has 1 heterocycles. The number of pyridine rings is 1. The fourth-order valence-corrected chi connectivity index (χ4v) is 2.54. The van der Waals surface area contributed by atoms with E-state index in [0.717, 1.165) is 12.8 Å². The highest BCUT2D eigenvalue weighted by Crippen LogP contribution is 2.28. The van der Waals surface area contributed by atoms with Gasteiger partial charge in [-0.15, -0.1) is 0 Å². The summed E-state index contributed by atoms with van der Waals surface area (Å²) in [6.07, 6.45) is 3.08. The maximum atomic E-state index is 13.9. The molecule has 0 bridgehead atoms. The number of halogens is 3. The number of rotatable bonds is 6. The second-order valence-electron chi connectivity index (χ2n) is 5.13. The van der Waals surface area contributed by atoms with Crippen LogP contribution in [0.4, 0.5) is 4.39 Å². The van der Waals surface area contributed by atoms with Gasteiger partial charge in [0.15, 0.2) is 22.7 Å². The van der Waals surface area contributed by atoms with Crippen molar-refractivity contribution in [3.63, 3.8) is 0 Å². The Morgan fingerprint density at radius 3 is 2.65 bits per heavy atom. The van der Waals surface area contributed by atoms with Crippen molar-refractivity contribution in [2.24, 2.45) is 10.9 Å². The van der Waals surface area contributed by atoms with E-state index in [1.165, 1.54) is 13.1 Å². The number of carbonyl (C=O) groups excluding carboxylic acids is 2. The van der Waals surface area contributed by atoms with Gasteiger partial charge in [-0.2, -0.15) is 0 Å². The maximum absolute atomic E-state index is 13.9. The van der Waals surface area contributed by atoms with Crippen LogP contribution < -0.4 is 0 Å². The molecule has 1 saturated carbocycles. The average Bonchev–Trinajstić information content (AvgIpc) is 3.29. The predicted molar refractivity (Wildman–Crippen MR) is 84.9 cm³/mol. The molecule has 1 atom stereocenters. The Morgan fingerprint density at radius 2 is 2.09 bits per heavy atom. The fourth-order valence-electron chi connectivity index (χ4n) is 1.95. The highest BCUT2D eigenvalue weighted by molar-refractivity contribution is 6.36. The van der Waals surface area contributed by atoms with E-state index in [1.807, 2.05) is 0 Å². The van der Waals surface area contributed by atoms with Crippen LogP contribution in [0.2, 0.25) is 10.3 Å². The number of hydrogen-bond donors (Lipinski definition) is 0. The van der Waals surface area contributed by atoms with Crippen molar-refractivity contribution in [3.05, 3.63) is 27.3 Å². The molecule has 1 aromatic rings. The zero-order chi connectivity index (χ0) is 17.1. The van der Waals surface area contributed by atoms with Gasteiger partial charge < -0.3 is 4.74 Å². The summed E-state index contributed by atoms with van der Waals surface area (Å²) in [5.74, 6) is -3.60. The summed E-state index contributed by atoms with van der Waals surface area (Å²) in [6, 6.07) is 0.122.